The Hall–Kier alpha value is -0.550. The van der Waals surface area contributed by atoms with Crippen LogP contribution in [0.2, 0.25) is 0 Å². The molecule has 0 aromatic heterocycles. The predicted octanol–water partition coefficient (Wildman–Crippen LogP) is 2.11. The minimum absolute atomic E-state index is 0.318. The van der Waals surface area contributed by atoms with Crippen LogP contribution in [0.25, 0.3) is 0 Å². The summed E-state index contributed by atoms with van der Waals surface area (Å²) in [5, 5.41) is 8.18. The molecule has 0 bridgehead atoms. The standard InChI is InChI=1S/C8H15NO/c1-3-5-8(2)10-7-4-6-9/h8H,3-5,7H2,1-2H3. The van der Waals surface area contributed by atoms with E-state index in [0.29, 0.717) is 19.1 Å². The van der Waals surface area contributed by atoms with Gasteiger partial charge >= 0.3 is 0 Å². The number of hydrogen-bond donors (Lipinski definition) is 0. The smallest absolute Gasteiger partial charge is 0.0645 e. The Labute approximate surface area is 62.8 Å². The fraction of sp³-hybridized carbons (Fsp3) is 0.875. The van der Waals surface area contributed by atoms with Crippen LogP contribution in [0.4, 0.5) is 0 Å². The van der Waals surface area contributed by atoms with E-state index >= 15 is 0 Å². The van der Waals surface area contributed by atoms with Crippen LogP contribution in [0.15, 0.2) is 0 Å². The van der Waals surface area contributed by atoms with Crippen molar-refractivity contribution in [1.82, 2.24) is 0 Å². The molecule has 2 heteroatoms. The van der Waals surface area contributed by atoms with E-state index in [1.54, 1.807) is 0 Å². The summed E-state index contributed by atoms with van der Waals surface area (Å²) in [5.74, 6) is 0. The van der Waals surface area contributed by atoms with Crippen molar-refractivity contribution < 1.29 is 4.74 Å². The lowest BCUT2D eigenvalue weighted by Gasteiger charge is -2.09. The zero-order chi connectivity index (χ0) is 7.82. The first-order valence-corrected chi connectivity index (χ1v) is 3.79. The second-order valence-electron chi connectivity index (χ2n) is 2.38. The van der Waals surface area contributed by atoms with Crippen LogP contribution in [0.5, 0.6) is 0 Å². The van der Waals surface area contributed by atoms with Gasteiger partial charge in [0.25, 0.3) is 0 Å². The van der Waals surface area contributed by atoms with Gasteiger partial charge in [-0.15, -0.1) is 0 Å². The van der Waals surface area contributed by atoms with Gasteiger partial charge in [-0.1, -0.05) is 13.3 Å². The molecule has 0 rings (SSSR count). The average molecular weight is 141 g/mol. The van der Waals surface area contributed by atoms with Crippen molar-refractivity contribution in [2.45, 2.75) is 39.2 Å². The Balaban J connectivity index is 3.06. The van der Waals surface area contributed by atoms with E-state index in [1.807, 2.05) is 13.0 Å². The first-order valence-electron chi connectivity index (χ1n) is 3.79. The van der Waals surface area contributed by atoms with E-state index in [-0.39, 0.29) is 0 Å². The van der Waals surface area contributed by atoms with E-state index in [1.165, 1.54) is 0 Å². The van der Waals surface area contributed by atoms with Crippen molar-refractivity contribution in [2.75, 3.05) is 6.61 Å². The zero-order valence-electron chi connectivity index (χ0n) is 6.76. The van der Waals surface area contributed by atoms with Crippen LogP contribution < -0.4 is 0 Å². The molecule has 0 heterocycles. The lowest BCUT2D eigenvalue weighted by Crippen LogP contribution is -2.07. The highest BCUT2D eigenvalue weighted by Crippen LogP contribution is 2.00. The summed E-state index contributed by atoms with van der Waals surface area (Å²) in [4.78, 5) is 0. The lowest BCUT2D eigenvalue weighted by molar-refractivity contribution is 0.0639. The summed E-state index contributed by atoms with van der Waals surface area (Å²) in [5.41, 5.74) is 0. The van der Waals surface area contributed by atoms with Crippen LogP contribution in [0.3, 0.4) is 0 Å². The molecule has 0 saturated heterocycles. The van der Waals surface area contributed by atoms with Crippen molar-refractivity contribution in [3.63, 3.8) is 0 Å². The molecular weight excluding hydrogens is 126 g/mol. The monoisotopic (exact) mass is 141 g/mol. The normalized spacial score (nSPS) is 12.5. The van der Waals surface area contributed by atoms with E-state index in [4.69, 9.17) is 10.00 Å². The fourth-order valence-electron chi connectivity index (χ4n) is 0.796. The maximum Gasteiger partial charge on any atom is 0.0645 e. The highest BCUT2D eigenvalue weighted by atomic mass is 16.5. The van der Waals surface area contributed by atoms with Crippen LogP contribution in [-0.2, 0) is 4.74 Å². The van der Waals surface area contributed by atoms with Crippen molar-refractivity contribution in [2.24, 2.45) is 0 Å². The number of hydrogen-bond acceptors (Lipinski definition) is 2. The third-order valence-corrected chi connectivity index (χ3v) is 1.31. The molecule has 0 spiro atoms. The second kappa shape index (κ2) is 6.57. The minimum atomic E-state index is 0.318. The number of nitrogens with zero attached hydrogens (tertiary/aromatic N) is 1. The van der Waals surface area contributed by atoms with Crippen molar-refractivity contribution in [3.8, 4) is 6.07 Å². The molecule has 1 unspecified atom stereocenters. The summed E-state index contributed by atoms with van der Waals surface area (Å²) >= 11 is 0. The molecule has 2 nitrogen and oxygen atoms in total. The van der Waals surface area contributed by atoms with Gasteiger partial charge in [-0.05, 0) is 13.3 Å². The summed E-state index contributed by atoms with van der Waals surface area (Å²) in [7, 11) is 0. The Morgan fingerprint density at radius 3 is 2.80 bits per heavy atom. The lowest BCUT2D eigenvalue weighted by atomic mass is 10.2. The largest absolute Gasteiger partial charge is 0.377 e. The highest BCUT2D eigenvalue weighted by Gasteiger charge is 1.97. The first kappa shape index (κ1) is 9.45. The van der Waals surface area contributed by atoms with Crippen LogP contribution in [-0.4, -0.2) is 12.7 Å². The Morgan fingerprint density at radius 1 is 1.60 bits per heavy atom. The first-order chi connectivity index (χ1) is 4.81. The molecule has 0 fully saturated rings. The summed E-state index contributed by atoms with van der Waals surface area (Å²) in [6, 6.07) is 2.04. The van der Waals surface area contributed by atoms with Crippen LogP contribution in [0.1, 0.15) is 33.1 Å². The third kappa shape index (κ3) is 5.58. The predicted molar refractivity (Wildman–Crippen MR) is 40.6 cm³/mol. The molecule has 0 saturated carbocycles. The van der Waals surface area contributed by atoms with E-state index in [0.717, 1.165) is 12.8 Å². The Morgan fingerprint density at radius 2 is 2.30 bits per heavy atom. The van der Waals surface area contributed by atoms with Crippen molar-refractivity contribution in [1.29, 1.82) is 5.26 Å². The molecule has 58 valence electrons. The van der Waals surface area contributed by atoms with Gasteiger partial charge in [0.05, 0.1) is 25.2 Å². The van der Waals surface area contributed by atoms with Crippen LogP contribution >= 0.6 is 0 Å². The van der Waals surface area contributed by atoms with Gasteiger partial charge in [0.1, 0.15) is 0 Å². The second-order valence-corrected chi connectivity index (χ2v) is 2.38. The summed E-state index contributed by atoms with van der Waals surface area (Å²) < 4.78 is 5.30. The molecule has 0 aliphatic carbocycles. The minimum Gasteiger partial charge on any atom is -0.377 e. The molecular formula is C8H15NO. The SMILES string of the molecule is CCCC(C)OCCC#N. The summed E-state index contributed by atoms with van der Waals surface area (Å²) in [6.07, 6.45) is 3.06. The van der Waals surface area contributed by atoms with E-state index in [9.17, 15) is 0 Å². The Bertz CT molecular complexity index is 106. The number of ether oxygens (including phenoxy) is 1. The molecule has 0 N–H and O–H groups in total. The van der Waals surface area contributed by atoms with Crippen molar-refractivity contribution >= 4 is 0 Å². The molecule has 0 amide bonds. The number of rotatable bonds is 5. The van der Waals surface area contributed by atoms with E-state index < -0.39 is 0 Å². The van der Waals surface area contributed by atoms with Gasteiger partial charge in [-0.3, -0.25) is 0 Å². The molecule has 0 radical (unpaired) electrons. The number of nitriles is 1. The van der Waals surface area contributed by atoms with Crippen molar-refractivity contribution in [3.05, 3.63) is 0 Å². The molecule has 0 aliphatic rings. The summed E-state index contributed by atoms with van der Waals surface area (Å²) in [6.45, 7) is 4.75. The topological polar surface area (TPSA) is 33.0 Å². The van der Waals surface area contributed by atoms with Crippen LogP contribution in [0, 0.1) is 11.3 Å². The molecule has 0 aromatic carbocycles. The average Bonchev–Trinajstić information content (AvgIpc) is 1.89. The van der Waals surface area contributed by atoms with Gasteiger partial charge in [0, 0.05) is 0 Å². The fourth-order valence-corrected chi connectivity index (χ4v) is 0.796. The maximum atomic E-state index is 8.18. The zero-order valence-corrected chi connectivity index (χ0v) is 6.76. The molecule has 10 heavy (non-hydrogen) atoms. The van der Waals surface area contributed by atoms with Gasteiger partial charge in [-0.2, -0.15) is 5.26 Å². The maximum absolute atomic E-state index is 8.18. The van der Waals surface area contributed by atoms with E-state index in [2.05, 4.69) is 6.92 Å². The van der Waals surface area contributed by atoms with Gasteiger partial charge in [0.2, 0.25) is 0 Å². The third-order valence-electron chi connectivity index (χ3n) is 1.31. The Kier molecular flexibility index (Phi) is 6.21. The molecule has 0 aromatic rings. The molecule has 0 aliphatic heterocycles. The molecule has 1 atom stereocenters. The van der Waals surface area contributed by atoms with Gasteiger partial charge in [0.15, 0.2) is 0 Å². The van der Waals surface area contributed by atoms with Gasteiger partial charge < -0.3 is 4.74 Å². The quantitative estimate of drug-likeness (QED) is 0.549. The highest BCUT2D eigenvalue weighted by molar-refractivity contribution is 4.67. The van der Waals surface area contributed by atoms with Gasteiger partial charge in [-0.25, -0.2) is 0 Å².